The van der Waals surface area contributed by atoms with E-state index in [2.05, 4.69) is 15.5 Å². The molecule has 0 radical (unpaired) electrons. The molecule has 1 N–H and O–H groups in total. The van der Waals surface area contributed by atoms with Crippen LogP contribution in [-0.4, -0.2) is 47.8 Å². The van der Waals surface area contributed by atoms with Crippen LogP contribution in [0.25, 0.3) is 0 Å². The average Bonchev–Trinajstić information content (AvgIpc) is 3.47. The lowest BCUT2D eigenvalue weighted by Gasteiger charge is -2.28. The predicted octanol–water partition coefficient (Wildman–Crippen LogP) is 3.06. The number of furan rings is 1. The third kappa shape index (κ3) is 5.21. The summed E-state index contributed by atoms with van der Waals surface area (Å²) in [5.41, 5.74) is 0.711. The molecule has 3 heterocycles. The fourth-order valence-electron chi connectivity index (χ4n) is 3.23. The zero-order chi connectivity index (χ0) is 21.0. The van der Waals surface area contributed by atoms with Crippen LogP contribution in [0.15, 0.2) is 57.5 Å². The van der Waals surface area contributed by atoms with Crippen LogP contribution in [0.3, 0.4) is 0 Å². The lowest BCUT2D eigenvalue weighted by atomic mass is 10.2. The Bertz CT molecular complexity index is 1080. The van der Waals surface area contributed by atoms with Crippen molar-refractivity contribution in [3.63, 3.8) is 0 Å². The summed E-state index contributed by atoms with van der Waals surface area (Å²) in [7, 11) is -3.11. The second-order valence-electron chi connectivity index (χ2n) is 6.75. The lowest BCUT2D eigenvalue weighted by molar-refractivity contribution is -0.116. The number of aromatic nitrogens is 2. The standard InChI is InChI=1S/C19H20N4O4S3/c24-17(12-28-19-22-21-18(29-19)20-11-16-7-4-9-27-16)23(14-5-2-1-3-6-14)15-8-10-30(25,26)13-15/h1-7,9,15H,8,10-13H2,(H,20,21)/t15-/m1/s1. The van der Waals surface area contributed by atoms with Crippen molar-refractivity contribution in [2.24, 2.45) is 0 Å². The topological polar surface area (TPSA) is 105 Å². The Morgan fingerprint density at radius 1 is 1.23 bits per heavy atom. The fraction of sp³-hybridized carbons (Fsp3) is 0.316. The van der Waals surface area contributed by atoms with Gasteiger partial charge in [0.2, 0.25) is 11.0 Å². The number of benzene rings is 1. The SMILES string of the molecule is O=C(CSc1nnc(NCc2ccco2)s1)N(c1ccccc1)[C@@H]1CCS(=O)(=O)C1. The van der Waals surface area contributed by atoms with E-state index in [1.54, 1.807) is 11.2 Å². The number of amides is 1. The molecule has 158 valence electrons. The number of sulfone groups is 1. The minimum absolute atomic E-state index is 0.00203. The van der Waals surface area contributed by atoms with Gasteiger partial charge in [0.1, 0.15) is 5.76 Å². The van der Waals surface area contributed by atoms with Crippen LogP contribution in [0.5, 0.6) is 0 Å². The van der Waals surface area contributed by atoms with E-state index in [1.165, 1.54) is 23.1 Å². The molecule has 1 atom stereocenters. The number of rotatable bonds is 8. The molecular weight excluding hydrogens is 444 g/mol. The number of hydrogen-bond acceptors (Lipinski definition) is 9. The third-order valence-electron chi connectivity index (χ3n) is 4.60. The van der Waals surface area contributed by atoms with Gasteiger partial charge in [0.05, 0.1) is 36.1 Å². The summed E-state index contributed by atoms with van der Waals surface area (Å²) in [5.74, 6) is 0.909. The number of nitrogens with zero attached hydrogens (tertiary/aromatic N) is 3. The van der Waals surface area contributed by atoms with Gasteiger partial charge in [-0.3, -0.25) is 4.79 Å². The molecule has 1 aliphatic rings. The van der Waals surface area contributed by atoms with Gasteiger partial charge in [0.15, 0.2) is 14.2 Å². The zero-order valence-corrected chi connectivity index (χ0v) is 18.4. The van der Waals surface area contributed by atoms with Gasteiger partial charge >= 0.3 is 0 Å². The summed E-state index contributed by atoms with van der Waals surface area (Å²) in [4.78, 5) is 14.7. The van der Waals surface area contributed by atoms with E-state index in [0.717, 1.165) is 5.76 Å². The number of nitrogens with one attached hydrogen (secondary N) is 1. The third-order valence-corrected chi connectivity index (χ3v) is 8.35. The van der Waals surface area contributed by atoms with Crippen LogP contribution < -0.4 is 10.2 Å². The molecular formula is C19H20N4O4S3. The number of thioether (sulfide) groups is 1. The number of anilines is 2. The van der Waals surface area contributed by atoms with Crippen LogP contribution in [0, 0.1) is 0 Å². The normalized spacial score (nSPS) is 17.7. The Morgan fingerprint density at radius 2 is 2.07 bits per heavy atom. The van der Waals surface area contributed by atoms with Crippen molar-refractivity contribution in [3.8, 4) is 0 Å². The van der Waals surface area contributed by atoms with Crippen molar-refractivity contribution in [2.75, 3.05) is 27.5 Å². The van der Waals surface area contributed by atoms with Crippen molar-refractivity contribution >= 4 is 49.7 Å². The average molecular weight is 465 g/mol. The smallest absolute Gasteiger partial charge is 0.237 e. The molecule has 3 aromatic rings. The molecule has 4 rings (SSSR count). The fourth-order valence-corrected chi connectivity index (χ4v) is 6.54. The van der Waals surface area contributed by atoms with Crippen LogP contribution in [0.1, 0.15) is 12.2 Å². The van der Waals surface area contributed by atoms with E-state index in [0.29, 0.717) is 28.1 Å². The van der Waals surface area contributed by atoms with Crippen molar-refractivity contribution in [3.05, 3.63) is 54.5 Å². The molecule has 0 unspecified atom stereocenters. The first-order chi connectivity index (χ1) is 14.5. The molecule has 1 amide bonds. The largest absolute Gasteiger partial charge is 0.467 e. The van der Waals surface area contributed by atoms with E-state index in [-0.39, 0.29) is 29.2 Å². The van der Waals surface area contributed by atoms with E-state index in [9.17, 15) is 13.2 Å². The molecule has 30 heavy (non-hydrogen) atoms. The molecule has 1 aliphatic heterocycles. The number of carbonyl (C=O) groups is 1. The van der Waals surface area contributed by atoms with Gasteiger partial charge in [-0.25, -0.2) is 8.42 Å². The Balaban J connectivity index is 1.39. The summed E-state index contributed by atoms with van der Waals surface area (Å²) < 4.78 is 29.8. The molecule has 11 heteroatoms. The van der Waals surface area contributed by atoms with Gasteiger partial charge in [-0.1, -0.05) is 41.3 Å². The zero-order valence-electron chi connectivity index (χ0n) is 15.9. The second kappa shape index (κ2) is 9.19. The number of para-hydroxylation sites is 1. The Morgan fingerprint density at radius 3 is 2.77 bits per heavy atom. The van der Waals surface area contributed by atoms with E-state index >= 15 is 0 Å². The monoisotopic (exact) mass is 464 g/mol. The van der Waals surface area contributed by atoms with Crippen LogP contribution in [-0.2, 0) is 21.2 Å². The highest BCUT2D eigenvalue weighted by molar-refractivity contribution is 8.01. The van der Waals surface area contributed by atoms with Gasteiger partial charge in [0, 0.05) is 5.69 Å². The molecule has 0 spiro atoms. The van der Waals surface area contributed by atoms with Crippen molar-refractivity contribution in [1.29, 1.82) is 0 Å². The minimum atomic E-state index is -3.11. The summed E-state index contributed by atoms with van der Waals surface area (Å²) >= 11 is 2.65. The van der Waals surface area contributed by atoms with E-state index in [4.69, 9.17) is 4.42 Å². The van der Waals surface area contributed by atoms with Crippen molar-refractivity contribution in [1.82, 2.24) is 10.2 Å². The van der Waals surface area contributed by atoms with Gasteiger partial charge in [-0.05, 0) is 30.7 Å². The molecule has 1 aromatic carbocycles. The first-order valence-corrected chi connectivity index (χ1v) is 12.9. The number of carbonyl (C=O) groups excluding carboxylic acids is 1. The molecule has 0 saturated carbocycles. The highest BCUT2D eigenvalue weighted by atomic mass is 32.2. The quantitative estimate of drug-likeness (QED) is 0.507. The summed E-state index contributed by atoms with van der Waals surface area (Å²) in [6.45, 7) is 0.503. The Labute approximate surface area is 182 Å². The first-order valence-electron chi connectivity index (χ1n) is 9.30. The van der Waals surface area contributed by atoms with Crippen LogP contribution in [0.2, 0.25) is 0 Å². The predicted molar refractivity (Wildman–Crippen MR) is 118 cm³/mol. The maximum atomic E-state index is 13.0. The minimum Gasteiger partial charge on any atom is -0.467 e. The summed E-state index contributed by atoms with van der Waals surface area (Å²) in [6, 6.07) is 12.5. The van der Waals surface area contributed by atoms with E-state index < -0.39 is 9.84 Å². The maximum Gasteiger partial charge on any atom is 0.237 e. The van der Waals surface area contributed by atoms with Crippen LogP contribution in [0.4, 0.5) is 10.8 Å². The van der Waals surface area contributed by atoms with Gasteiger partial charge in [-0.15, -0.1) is 10.2 Å². The molecule has 0 bridgehead atoms. The lowest BCUT2D eigenvalue weighted by Crippen LogP contribution is -2.42. The summed E-state index contributed by atoms with van der Waals surface area (Å²) in [5, 5.41) is 12.0. The van der Waals surface area contributed by atoms with Gasteiger partial charge < -0.3 is 14.6 Å². The number of hydrogen-bond donors (Lipinski definition) is 1. The summed E-state index contributed by atoms with van der Waals surface area (Å²) in [6.07, 6.45) is 2.06. The Hall–Kier alpha value is -2.37. The van der Waals surface area contributed by atoms with Crippen molar-refractivity contribution in [2.45, 2.75) is 23.3 Å². The van der Waals surface area contributed by atoms with Crippen molar-refractivity contribution < 1.29 is 17.6 Å². The molecule has 8 nitrogen and oxygen atoms in total. The highest BCUT2D eigenvalue weighted by Gasteiger charge is 2.35. The first kappa shape index (κ1) is 20.9. The molecule has 1 fully saturated rings. The maximum absolute atomic E-state index is 13.0. The van der Waals surface area contributed by atoms with Crippen LogP contribution >= 0.6 is 23.1 Å². The molecule has 0 aliphatic carbocycles. The Kier molecular flexibility index (Phi) is 6.40. The molecule has 1 saturated heterocycles. The van der Waals surface area contributed by atoms with Gasteiger partial charge in [0.25, 0.3) is 0 Å². The van der Waals surface area contributed by atoms with E-state index in [1.807, 2.05) is 42.5 Å². The highest BCUT2D eigenvalue weighted by Crippen LogP contribution is 2.29. The van der Waals surface area contributed by atoms with Gasteiger partial charge in [-0.2, -0.15) is 0 Å². The second-order valence-corrected chi connectivity index (χ2v) is 11.2. The molecule has 2 aromatic heterocycles.